The van der Waals surface area contributed by atoms with Crippen molar-refractivity contribution in [2.24, 2.45) is 0 Å². The number of aromatic nitrogens is 2. The standard InChI is InChI=1S/C20H20ClN3O3/c1-20(2,13-7-9-14(21)10-8-13)12-22-17(25)11-24-19(27)16-6-4-3-5-15(16)18(26)23-24/h3-10H,11-12H2,1-2H3,(H,22,25)(H,23,26). The number of carbonyl (C=O) groups is 1. The lowest BCUT2D eigenvalue weighted by Gasteiger charge is -2.25. The number of carbonyl (C=O) groups excluding carboxylic acids is 1. The summed E-state index contributed by atoms with van der Waals surface area (Å²) in [6.45, 7) is 4.12. The molecule has 0 atom stereocenters. The quantitative estimate of drug-likeness (QED) is 0.707. The van der Waals surface area contributed by atoms with Gasteiger partial charge in [0.1, 0.15) is 6.54 Å². The van der Waals surface area contributed by atoms with Crippen LogP contribution in [-0.2, 0) is 16.8 Å². The Labute approximate surface area is 160 Å². The van der Waals surface area contributed by atoms with E-state index < -0.39 is 11.1 Å². The highest BCUT2D eigenvalue weighted by Crippen LogP contribution is 2.23. The summed E-state index contributed by atoms with van der Waals surface area (Å²) in [4.78, 5) is 36.9. The third kappa shape index (κ3) is 4.11. The van der Waals surface area contributed by atoms with Crippen LogP contribution in [0, 0.1) is 0 Å². The summed E-state index contributed by atoms with van der Waals surface area (Å²) in [6, 6.07) is 14.0. The van der Waals surface area contributed by atoms with Crippen molar-refractivity contribution in [3.63, 3.8) is 0 Å². The molecule has 0 aliphatic heterocycles. The minimum absolute atomic E-state index is 0.254. The van der Waals surface area contributed by atoms with Crippen LogP contribution in [0.15, 0.2) is 58.1 Å². The second kappa shape index (κ2) is 7.40. The van der Waals surface area contributed by atoms with Crippen LogP contribution in [0.4, 0.5) is 0 Å². The molecular formula is C20H20ClN3O3. The zero-order chi connectivity index (χ0) is 19.6. The van der Waals surface area contributed by atoms with Gasteiger partial charge in [0.25, 0.3) is 11.1 Å². The molecule has 140 valence electrons. The smallest absolute Gasteiger partial charge is 0.273 e. The van der Waals surface area contributed by atoms with Gasteiger partial charge in [0.2, 0.25) is 5.91 Å². The number of halogens is 1. The number of aromatic amines is 1. The average Bonchev–Trinajstić information content (AvgIpc) is 2.65. The lowest BCUT2D eigenvalue weighted by atomic mass is 9.84. The molecule has 1 heterocycles. The number of hydrogen-bond acceptors (Lipinski definition) is 3. The second-order valence-electron chi connectivity index (χ2n) is 7.05. The number of benzene rings is 2. The number of H-pyrrole nitrogens is 1. The SMILES string of the molecule is CC(C)(CNC(=O)Cn1[nH]c(=O)c2ccccc2c1=O)c1ccc(Cl)cc1. The fourth-order valence-electron chi connectivity index (χ4n) is 2.88. The summed E-state index contributed by atoms with van der Waals surface area (Å²) >= 11 is 5.92. The van der Waals surface area contributed by atoms with Gasteiger partial charge in [0, 0.05) is 17.0 Å². The molecule has 3 rings (SSSR count). The molecule has 2 aromatic carbocycles. The van der Waals surface area contributed by atoms with Gasteiger partial charge in [0.15, 0.2) is 0 Å². The number of nitrogens with one attached hydrogen (secondary N) is 2. The van der Waals surface area contributed by atoms with E-state index >= 15 is 0 Å². The Balaban J connectivity index is 1.74. The Morgan fingerprint density at radius 2 is 1.70 bits per heavy atom. The number of amides is 1. The van der Waals surface area contributed by atoms with Crippen LogP contribution in [0.3, 0.4) is 0 Å². The molecule has 1 amide bonds. The van der Waals surface area contributed by atoms with Gasteiger partial charge in [-0.25, -0.2) is 4.68 Å². The number of nitrogens with zero attached hydrogens (tertiary/aromatic N) is 1. The first-order valence-corrected chi connectivity index (χ1v) is 8.90. The molecule has 6 nitrogen and oxygen atoms in total. The van der Waals surface area contributed by atoms with E-state index in [1.165, 1.54) is 0 Å². The molecule has 7 heteroatoms. The topological polar surface area (TPSA) is 84.0 Å². The Morgan fingerprint density at radius 3 is 2.37 bits per heavy atom. The second-order valence-corrected chi connectivity index (χ2v) is 7.48. The van der Waals surface area contributed by atoms with Crippen molar-refractivity contribution in [1.29, 1.82) is 0 Å². The predicted molar refractivity (Wildman–Crippen MR) is 106 cm³/mol. The Kier molecular flexibility index (Phi) is 5.19. The maximum atomic E-state index is 12.5. The molecule has 0 saturated heterocycles. The molecule has 0 fully saturated rings. The summed E-state index contributed by atoms with van der Waals surface area (Å²) in [7, 11) is 0. The van der Waals surface area contributed by atoms with Crippen LogP contribution in [0.1, 0.15) is 19.4 Å². The van der Waals surface area contributed by atoms with Crippen LogP contribution in [-0.4, -0.2) is 22.2 Å². The lowest BCUT2D eigenvalue weighted by molar-refractivity contribution is -0.122. The predicted octanol–water partition coefficient (Wildman–Crippen LogP) is 2.44. The van der Waals surface area contributed by atoms with Crippen molar-refractivity contribution in [2.45, 2.75) is 25.8 Å². The molecule has 0 radical (unpaired) electrons. The maximum Gasteiger partial charge on any atom is 0.273 e. The number of rotatable bonds is 5. The molecule has 3 aromatic rings. The van der Waals surface area contributed by atoms with Crippen molar-refractivity contribution in [3.8, 4) is 0 Å². The van der Waals surface area contributed by atoms with Gasteiger partial charge in [-0.15, -0.1) is 0 Å². The fourth-order valence-corrected chi connectivity index (χ4v) is 3.01. The van der Waals surface area contributed by atoms with Crippen molar-refractivity contribution < 1.29 is 4.79 Å². The van der Waals surface area contributed by atoms with Gasteiger partial charge >= 0.3 is 0 Å². The van der Waals surface area contributed by atoms with E-state index in [-0.39, 0.29) is 23.3 Å². The normalized spacial score (nSPS) is 11.5. The molecule has 1 aromatic heterocycles. The van der Waals surface area contributed by atoms with Crippen molar-refractivity contribution in [2.75, 3.05) is 6.54 Å². The molecule has 0 aliphatic rings. The van der Waals surface area contributed by atoms with Gasteiger partial charge in [-0.3, -0.25) is 19.5 Å². The zero-order valence-corrected chi connectivity index (χ0v) is 15.8. The fraction of sp³-hybridized carbons (Fsp3) is 0.250. The molecule has 0 spiro atoms. The summed E-state index contributed by atoms with van der Waals surface area (Å²) in [5.74, 6) is -0.356. The molecular weight excluding hydrogens is 366 g/mol. The van der Waals surface area contributed by atoms with Crippen molar-refractivity contribution in [1.82, 2.24) is 15.1 Å². The summed E-state index contributed by atoms with van der Waals surface area (Å²) < 4.78 is 1.04. The van der Waals surface area contributed by atoms with E-state index in [0.29, 0.717) is 17.0 Å². The third-order valence-corrected chi connectivity index (χ3v) is 4.79. The van der Waals surface area contributed by atoms with Crippen LogP contribution < -0.4 is 16.4 Å². The largest absolute Gasteiger partial charge is 0.354 e. The van der Waals surface area contributed by atoms with E-state index in [0.717, 1.165) is 10.2 Å². The van der Waals surface area contributed by atoms with E-state index in [9.17, 15) is 14.4 Å². The van der Waals surface area contributed by atoms with Gasteiger partial charge < -0.3 is 5.32 Å². The minimum atomic E-state index is -0.405. The average molecular weight is 386 g/mol. The molecule has 0 aliphatic carbocycles. The Bertz CT molecular complexity index is 1100. The lowest BCUT2D eigenvalue weighted by Crippen LogP contribution is -2.41. The van der Waals surface area contributed by atoms with Crippen molar-refractivity contribution >= 4 is 28.3 Å². The van der Waals surface area contributed by atoms with E-state index in [4.69, 9.17) is 11.6 Å². The first-order valence-electron chi connectivity index (χ1n) is 8.52. The Hall–Kier alpha value is -2.86. The first-order chi connectivity index (χ1) is 12.8. The van der Waals surface area contributed by atoms with Crippen LogP contribution in [0.25, 0.3) is 10.8 Å². The third-order valence-electron chi connectivity index (χ3n) is 4.54. The molecule has 0 saturated carbocycles. The number of fused-ring (bicyclic) bond motifs is 1. The highest BCUT2D eigenvalue weighted by Gasteiger charge is 2.21. The Morgan fingerprint density at radius 1 is 1.07 bits per heavy atom. The van der Waals surface area contributed by atoms with Crippen LogP contribution in [0.2, 0.25) is 5.02 Å². The highest BCUT2D eigenvalue weighted by molar-refractivity contribution is 6.30. The molecule has 0 bridgehead atoms. The summed E-state index contributed by atoms with van der Waals surface area (Å²) in [5, 5.41) is 6.53. The molecule has 2 N–H and O–H groups in total. The van der Waals surface area contributed by atoms with Gasteiger partial charge in [-0.1, -0.05) is 49.7 Å². The highest BCUT2D eigenvalue weighted by atomic mass is 35.5. The van der Waals surface area contributed by atoms with E-state index in [1.807, 2.05) is 26.0 Å². The van der Waals surface area contributed by atoms with Crippen LogP contribution >= 0.6 is 11.6 Å². The van der Waals surface area contributed by atoms with Gasteiger partial charge in [0.05, 0.1) is 10.8 Å². The summed E-state index contributed by atoms with van der Waals surface area (Å²) in [5.41, 5.74) is -0.0950. The maximum absolute atomic E-state index is 12.5. The van der Waals surface area contributed by atoms with Crippen molar-refractivity contribution in [3.05, 3.63) is 79.8 Å². The van der Waals surface area contributed by atoms with E-state index in [1.54, 1.807) is 36.4 Å². The summed E-state index contributed by atoms with van der Waals surface area (Å²) in [6.07, 6.45) is 0. The zero-order valence-electron chi connectivity index (χ0n) is 15.1. The monoisotopic (exact) mass is 385 g/mol. The van der Waals surface area contributed by atoms with E-state index in [2.05, 4.69) is 10.4 Å². The first kappa shape index (κ1) is 18.9. The molecule has 27 heavy (non-hydrogen) atoms. The van der Waals surface area contributed by atoms with Gasteiger partial charge in [-0.2, -0.15) is 0 Å². The minimum Gasteiger partial charge on any atom is -0.354 e. The molecule has 0 unspecified atom stereocenters. The van der Waals surface area contributed by atoms with Gasteiger partial charge in [-0.05, 0) is 29.8 Å². The van der Waals surface area contributed by atoms with Crippen LogP contribution in [0.5, 0.6) is 0 Å². The number of hydrogen-bond donors (Lipinski definition) is 2.